The third kappa shape index (κ3) is 20.5. The van der Waals surface area contributed by atoms with Crippen LogP contribution in [0.1, 0.15) is 129 Å². The third-order valence-corrected chi connectivity index (χ3v) is 5.64. The summed E-state index contributed by atoms with van der Waals surface area (Å²) in [6, 6.07) is 0. The van der Waals surface area contributed by atoms with Crippen LogP contribution in [0.15, 0.2) is 24.6 Å². The summed E-state index contributed by atoms with van der Waals surface area (Å²) < 4.78 is 0.624. The Hall–Kier alpha value is -0.280. The molecule has 0 saturated carbocycles. The van der Waals surface area contributed by atoms with Crippen LogP contribution >= 0.6 is 24.8 Å². The molecular formula is C25H47NS2. The van der Waals surface area contributed by atoms with E-state index in [1.807, 2.05) is 4.90 Å². The van der Waals surface area contributed by atoms with Crippen LogP contribution in [0.3, 0.4) is 0 Å². The van der Waals surface area contributed by atoms with Gasteiger partial charge in [-0.25, -0.2) is 0 Å². The molecule has 0 aromatic heterocycles. The quantitative estimate of drug-likeness (QED) is 0.117. The first-order valence-electron chi connectivity index (χ1n) is 12.1. The summed E-state index contributed by atoms with van der Waals surface area (Å²) in [5.41, 5.74) is 0. The van der Waals surface area contributed by atoms with Crippen LogP contribution < -0.4 is 0 Å². The van der Waals surface area contributed by atoms with Crippen LogP contribution in [-0.4, -0.2) is 9.22 Å². The van der Waals surface area contributed by atoms with Crippen molar-refractivity contribution in [3.63, 3.8) is 0 Å². The van der Waals surface area contributed by atoms with E-state index in [0.717, 1.165) is 12.8 Å². The van der Waals surface area contributed by atoms with E-state index in [4.69, 9.17) is 12.2 Å². The molecule has 0 amide bonds. The Morgan fingerprint density at radius 2 is 0.929 bits per heavy atom. The van der Waals surface area contributed by atoms with Gasteiger partial charge in [0.05, 0.1) is 0 Å². The molecule has 0 heterocycles. The SMILES string of the molecule is CCCCCCCCCCC=CN(C=CCCCCCCCCCC)C(=S)S. The standard InChI is InChI=1S/C25H47NS2/c1-3-5-7-9-11-13-15-17-19-21-23-26(25(27)28)24-22-20-18-16-14-12-10-8-6-4-2/h21-24H,3-20H2,1-2H3,(H,27,28). The molecule has 0 aliphatic heterocycles. The van der Waals surface area contributed by atoms with Crippen molar-refractivity contribution >= 4 is 29.2 Å². The summed E-state index contributed by atoms with van der Waals surface area (Å²) >= 11 is 9.59. The van der Waals surface area contributed by atoms with E-state index in [-0.39, 0.29) is 0 Å². The van der Waals surface area contributed by atoms with Gasteiger partial charge in [0.25, 0.3) is 0 Å². The second kappa shape index (κ2) is 23.0. The van der Waals surface area contributed by atoms with Crippen molar-refractivity contribution in [3.8, 4) is 0 Å². The predicted octanol–water partition coefficient (Wildman–Crippen LogP) is 9.59. The summed E-state index contributed by atoms with van der Waals surface area (Å²) in [4.78, 5) is 1.97. The zero-order valence-electron chi connectivity index (χ0n) is 18.8. The number of rotatable bonds is 20. The Bertz CT molecular complexity index is 360. The fourth-order valence-electron chi connectivity index (χ4n) is 3.35. The number of unbranched alkanes of at least 4 members (excludes halogenated alkanes) is 16. The van der Waals surface area contributed by atoms with Gasteiger partial charge in [-0.2, -0.15) is 0 Å². The highest BCUT2D eigenvalue weighted by Crippen LogP contribution is 2.12. The first kappa shape index (κ1) is 27.7. The lowest BCUT2D eigenvalue weighted by atomic mass is 10.1. The van der Waals surface area contributed by atoms with E-state index in [0.29, 0.717) is 4.32 Å². The van der Waals surface area contributed by atoms with E-state index >= 15 is 0 Å². The summed E-state index contributed by atoms with van der Waals surface area (Å²) in [6.07, 6.45) is 32.8. The number of nitrogens with zero attached hydrogens (tertiary/aromatic N) is 1. The average molecular weight is 426 g/mol. The molecule has 0 fully saturated rings. The van der Waals surface area contributed by atoms with E-state index in [1.165, 1.54) is 103 Å². The minimum Gasteiger partial charge on any atom is -0.310 e. The van der Waals surface area contributed by atoms with Crippen molar-refractivity contribution in [2.24, 2.45) is 0 Å². The second-order valence-corrected chi connectivity index (χ2v) is 9.10. The molecule has 0 unspecified atom stereocenters. The number of thiocarbonyl (C=S) groups is 1. The topological polar surface area (TPSA) is 3.24 Å². The lowest BCUT2D eigenvalue weighted by molar-refractivity contribution is 0.576. The molecule has 0 rings (SSSR count). The molecule has 3 heteroatoms. The molecule has 0 N–H and O–H groups in total. The summed E-state index contributed by atoms with van der Waals surface area (Å²) in [5.74, 6) is 0. The zero-order valence-corrected chi connectivity index (χ0v) is 20.6. The molecule has 28 heavy (non-hydrogen) atoms. The minimum absolute atomic E-state index is 0.624. The number of thiol groups is 1. The lowest BCUT2D eigenvalue weighted by Gasteiger charge is -2.12. The highest BCUT2D eigenvalue weighted by molar-refractivity contribution is 8.10. The molecule has 0 aromatic rings. The fourth-order valence-corrected chi connectivity index (χ4v) is 3.60. The van der Waals surface area contributed by atoms with Crippen LogP contribution in [0.25, 0.3) is 0 Å². The van der Waals surface area contributed by atoms with Gasteiger partial charge in [0, 0.05) is 12.4 Å². The molecule has 0 aliphatic carbocycles. The molecular weight excluding hydrogens is 378 g/mol. The normalized spacial score (nSPS) is 11.7. The Morgan fingerprint density at radius 3 is 1.25 bits per heavy atom. The van der Waals surface area contributed by atoms with Gasteiger partial charge >= 0.3 is 0 Å². The number of allylic oxidation sites excluding steroid dienone is 2. The van der Waals surface area contributed by atoms with Crippen LogP contribution in [-0.2, 0) is 0 Å². The minimum atomic E-state index is 0.624. The van der Waals surface area contributed by atoms with Gasteiger partial charge in [0.2, 0.25) is 0 Å². The molecule has 0 saturated heterocycles. The largest absolute Gasteiger partial charge is 0.310 e. The Kier molecular flexibility index (Phi) is 22.8. The summed E-state index contributed by atoms with van der Waals surface area (Å²) in [7, 11) is 0. The van der Waals surface area contributed by atoms with Gasteiger partial charge in [-0.1, -0.05) is 128 Å². The second-order valence-electron chi connectivity index (χ2n) is 7.99. The van der Waals surface area contributed by atoms with Crippen molar-refractivity contribution in [1.82, 2.24) is 4.90 Å². The first-order chi connectivity index (χ1) is 13.7. The highest BCUT2D eigenvalue weighted by atomic mass is 32.1. The van der Waals surface area contributed by atoms with Gasteiger partial charge in [-0.05, 0) is 25.7 Å². The van der Waals surface area contributed by atoms with Gasteiger partial charge in [-0.15, -0.1) is 12.6 Å². The van der Waals surface area contributed by atoms with Gasteiger partial charge in [0.15, 0.2) is 0 Å². The Balaban J connectivity index is 3.69. The number of hydrogen-bond donors (Lipinski definition) is 1. The molecule has 0 aliphatic rings. The molecule has 0 bridgehead atoms. The van der Waals surface area contributed by atoms with Crippen molar-refractivity contribution < 1.29 is 0 Å². The molecule has 0 aromatic carbocycles. The van der Waals surface area contributed by atoms with Crippen molar-refractivity contribution in [2.45, 2.75) is 129 Å². The predicted molar refractivity (Wildman–Crippen MR) is 136 cm³/mol. The monoisotopic (exact) mass is 425 g/mol. The van der Waals surface area contributed by atoms with E-state index in [9.17, 15) is 0 Å². The zero-order chi connectivity index (χ0) is 20.7. The Morgan fingerprint density at radius 1 is 0.607 bits per heavy atom. The maximum Gasteiger partial charge on any atom is 0.141 e. The molecule has 0 atom stereocenters. The smallest absolute Gasteiger partial charge is 0.141 e. The van der Waals surface area contributed by atoms with Gasteiger partial charge < -0.3 is 4.90 Å². The average Bonchev–Trinajstić information content (AvgIpc) is 2.68. The molecule has 164 valence electrons. The van der Waals surface area contributed by atoms with Crippen molar-refractivity contribution in [2.75, 3.05) is 0 Å². The molecule has 0 radical (unpaired) electrons. The maximum absolute atomic E-state index is 5.24. The van der Waals surface area contributed by atoms with Crippen LogP contribution in [0, 0.1) is 0 Å². The van der Waals surface area contributed by atoms with Crippen molar-refractivity contribution in [3.05, 3.63) is 24.6 Å². The van der Waals surface area contributed by atoms with Crippen LogP contribution in [0.4, 0.5) is 0 Å². The first-order valence-corrected chi connectivity index (χ1v) is 12.9. The maximum atomic E-state index is 5.24. The van der Waals surface area contributed by atoms with Crippen LogP contribution in [0.5, 0.6) is 0 Å². The van der Waals surface area contributed by atoms with E-state index in [2.05, 4.69) is 51.0 Å². The Labute approximate surface area is 187 Å². The summed E-state index contributed by atoms with van der Waals surface area (Å²) in [5, 5.41) is 0. The highest BCUT2D eigenvalue weighted by Gasteiger charge is 1.97. The van der Waals surface area contributed by atoms with Gasteiger partial charge in [0.1, 0.15) is 4.32 Å². The fraction of sp³-hybridized carbons (Fsp3) is 0.800. The van der Waals surface area contributed by atoms with E-state index < -0.39 is 0 Å². The molecule has 1 nitrogen and oxygen atoms in total. The molecule has 0 spiro atoms. The number of hydrogen-bond acceptors (Lipinski definition) is 1. The van der Waals surface area contributed by atoms with E-state index in [1.54, 1.807) is 0 Å². The van der Waals surface area contributed by atoms with Gasteiger partial charge in [-0.3, -0.25) is 0 Å². The summed E-state index contributed by atoms with van der Waals surface area (Å²) in [6.45, 7) is 4.55. The van der Waals surface area contributed by atoms with Crippen molar-refractivity contribution in [1.29, 1.82) is 0 Å². The lowest BCUT2D eigenvalue weighted by Crippen LogP contribution is -2.11. The third-order valence-electron chi connectivity index (χ3n) is 5.20. The van der Waals surface area contributed by atoms with Crippen LogP contribution in [0.2, 0.25) is 0 Å².